The van der Waals surface area contributed by atoms with E-state index >= 15 is 0 Å². The van der Waals surface area contributed by atoms with Crippen molar-refractivity contribution in [2.45, 2.75) is 32.1 Å². The van der Waals surface area contributed by atoms with Crippen LogP contribution in [0.2, 0.25) is 0 Å². The predicted molar refractivity (Wildman–Crippen MR) is 65.0 cm³/mol. The summed E-state index contributed by atoms with van der Waals surface area (Å²) in [5, 5.41) is 0. The molecule has 1 aromatic carbocycles. The Balaban J connectivity index is 0.00000169. The quantitative estimate of drug-likeness (QED) is 0.817. The Hall–Kier alpha value is -0.530. The summed E-state index contributed by atoms with van der Waals surface area (Å²) in [6, 6.07) is 10.6. The fourth-order valence-corrected chi connectivity index (χ4v) is 1.86. The molecule has 1 aromatic rings. The third kappa shape index (κ3) is 2.49. The van der Waals surface area contributed by atoms with Gasteiger partial charge in [0.05, 0.1) is 0 Å². The lowest BCUT2D eigenvalue weighted by molar-refractivity contribution is 0.407. The van der Waals surface area contributed by atoms with E-state index in [1.807, 2.05) is 0 Å². The summed E-state index contributed by atoms with van der Waals surface area (Å²) in [4.78, 5) is 0. The molecular formula is C12H20ClN. The highest BCUT2D eigenvalue weighted by Gasteiger charge is 2.25. The molecule has 2 N–H and O–H groups in total. The summed E-state index contributed by atoms with van der Waals surface area (Å²) in [5.74, 6) is 0. The minimum atomic E-state index is 0. The highest BCUT2D eigenvalue weighted by molar-refractivity contribution is 5.85. The first kappa shape index (κ1) is 13.5. The van der Waals surface area contributed by atoms with Crippen molar-refractivity contribution in [3.63, 3.8) is 0 Å². The van der Waals surface area contributed by atoms with Gasteiger partial charge in [-0.25, -0.2) is 0 Å². The Morgan fingerprint density at radius 3 is 1.93 bits per heavy atom. The van der Waals surface area contributed by atoms with E-state index in [1.54, 1.807) is 0 Å². The molecule has 0 aliphatic rings. The Morgan fingerprint density at radius 1 is 1.07 bits per heavy atom. The van der Waals surface area contributed by atoms with Crippen LogP contribution in [0.4, 0.5) is 0 Å². The third-order valence-corrected chi connectivity index (χ3v) is 3.13. The van der Waals surface area contributed by atoms with E-state index in [1.165, 1.54) is 5.56 Å². The Labute approximate surface area is 93.1 Å². The van der Waals surface area contributed by atoms with Crippen LogP contribution in [0.5, 0.6) is 0 Å². The molecular weight excluding hydrogens is 194 g/mol. The van der Waals surface area contributed by atoms with Crippen LogP contribution < -0.4 is 5.73 Å². The lowest BCUT2D eigenvalue weighted by Crippen LogP contribution is -2.33. The van der Waals surface area contributed by atoms with E-state index in [9.17, 15) is 0 Å². The predicted octanol–water partition coefficient (Wildman–Crippen LogP) is 3.12. The van der Waals surface area contributed by atoms with Crippen molar-refractivity contribution < 1.29 is 0 Å². The molecule has 2 heteroatoms. The average molecular weight is 214 g/mol. The summed E-state index contributed by atoms with van der Waals surface area (Å²) in [5.41, 5.74) is 7.43. The number of hydrogen-bond donors (Lipinski definition) is 1. The van der Waals surface area contributed by atoms with Crippen molar-refractivity contribution in [1.82, 2.24) is 0 Å². The second-order valence-electron chi connectivity index (χ2n) is 3.56. The van der Waals surface area contributed by atoms with Gasteiger partial charge in [-0.2, -0.15) is 0 Å². The second kappa shape index (κ2) is 6.05. The Kier molecular flexibility index (Phi) is 5.82. The Bertz CT molecular complexity index is 233. The van der Waals surface area contributed by atoms with Gasteiger partial charge in [0.15, 0.2) is 0 Å². The van der Waals surface area contributed by atoms with Crippen LogP contribution in [-0.4, -0.2) is 6.54 Å². The maximum Gasteiger partial charge on any atom is 0.00703 e. The van der Waals surface area contributed by atoms with Crippen LogP contribution in [0.15, 0.2) is 30.3 Å². The van der Waals surface area contributed by atoms with E-state index in [0.29, 0.717) is 0 Å². The van der Waals surface area contributed by atoms with Gasteiger partial charge in [-0.15, -0.1) is 12.4 Å². The van der Waals surface area contributed by atoms with Crippen LogP contribution in [0, 0.1) is 0 Å². The smallest absolute Gasteiger partial charge is 0.00703 e. The summed E-state index contributed by atoms with van der Waals surface area (Å²) in [6.45, 7) is 5.16. The Morgan fingerprint density at radius 2 is 1.57 bits per heavy atom. The van der Waals surface area contributed by atoms with E-state index in [-0.39, 0.29) is 17.8 Å². The number of halogens is 1. The maximum atomic E-state index is 5.86. The summed E-state index contributed by atoms with van der Waals surface area (Å²) >= 11 is 0. The first-order chi connectivity index (χ1) is 6.29. The molecule has 0 saturated carbocycles. The lowest BCUT2D eigenvalue weighted by Gasteiger charge is -2.30. The van der Waals surface area contributed by atoms with Crippen molar-refractivity contribution in [3.8, 4) is 0 Å². The average Bonchev–Trinajstić information content (AvgIpc) is 2.23. The normalized spacial score (nSPS) is 10.8. The van der Waals surface area contributed by atoms with Gasteiger partial charge in [-0.05, 0) is 18.4 Å². The standard InChI is InChI=1S/C12H19N.ClH/c1-3-12(4-2,10-13)11-8-6-5-7-9-11;/h5-9H,3-4,10,13H2,1-2H3;1H. The van der Waals surface area contributed by atoms with Gasteiger partial charge in [0.1, 0.15) is 0 Å². The highest BCUT2D eigenvalue weighted by atomic mass is 35.5. The van der Waals surface area contributed by atoms with Gasteiger partial charge in [0.25, 0.3) is 0 Å². The zero-order chi connectivity index (χ0) is 9.73. The number of rotatable bonds is 4. The summed E-state index contributed by atoms with van der Waals surface area (Å²) in [6.07, 6.45) is 2.23. The lowest BCUT2D eigenvalue weighted by atomic mass is 9.76. The van der Waals surface area contributed by atoms with Crippen molar-refractivity contribution >= 4 is 12.4 Å². The van der Waals surface area contributed by atoms with Crippen molar-refractivity contribution in [2.75, 3.05) is 6.54 Å². The molecule has 0 aromatic heterocycles. The molecule has 1 nitrogen and oxygen atoms in total. The molecule has 0 fully saturated rings. The fourth-order valence-electron chi connectivity index (χ4n) is 1.86. The molecule has 0 aliphatic carbocycles. The molecule has 1 rings (SSSR count). The van der Waals surface area contributed by atoms with Gasteiger partial charge in [0.2, 0.25) is 0 Å². The minimum Gasteiger partial charge on any atom is -0.330 e. The molecule has 0 spiro atoms. The van der Waals surface area contributed by atoms with Gasteiger partial charge in [-0.1, -0.05) is 44.2 Å². The number of hydrogen-bond acceptors (Lipinski definition) is 1. The monoisotopic (exact) mass is 213 g/mol. The van der Waals surface area contributed by atoms with Crippen LogP contribution in [0.1, 0.15) is 32.3 Å². The fraction of sp³-hybridized carbons (Fsp3) is 0.500. The largest absolute Gasteiger partial charge is 0.330 e. The van der Waals surface area contributed by atoms with Crippen LogP contribution in [-0.2, 0) is 5.41 Å². The van der Waals surface area contributed by atoms with E-state index < -0.39 is 0 Å². The van der Waals surface area contributed by atoms with Gasteiger partial charge >= 0.3 is 0 Å². The van der Waals surface area contributed by atoms with E-state index in [0.717, 1.165) is 19.4 Å². The molecule has 0 amide bonds. The molecule has 0 aliphatic heterocycles. The topological polar surface area (TPSA) is 26.0 Å². The zero-order valence-corrected chi connectivity index (χ0v) is 9.81. The first-order valence-corrected chi connectivity index (χ1v) is 5.04. The van der Waals surface area contributed by atoms with Gasteiger partial charge in [0, 0.05) is 12.0 Å². The SMILES string of the molecule is CCC(CC)(CN)c1ccccc1.Cl. The molecule has 0 radical (unpaired) electrons. The molecule has 0 saturated heterocycles. The van der Waals surface area contributed by atoms with Gasteiger partial charge in [-0.3, -0.25) is 0 Å². The summed E-state index contributed by atoms with van der Waals surface area (Å²) in [7, 11) is 0. The minimum absolute atomic E-state index is 0. The third-order valence-electron chi connectivity index (χ3n) is 3.13. The first-order valence-electron chi connectivity index (χ1n) is 5.04. The zero-order valence-electron chi connectivity index (χ0n) is 8.99. The molecule has 80 valence electrons. The number of nitrogens with two attached hydrogens (primary N) is 1. The van der Waals surface area contributed by atoms with E-state index in [4.69, 9.17) is 5.73 Å². The molecule has 0 atom stereocenters. The summed E-state index contributed by atoms with van der Waals surface area (Å²) < 4.78 is 0. The van der Waals surface area contributed by atoms with Crippen molar-refractivity contribution in [3.05, 3.63) is 35.9 Å². The highest BCUT2D eigenvalue weighted by Crippen LogP contribution is 2.29. The second-order valence-corrected chi connectivity index (χ2v) is 3.56. The van der Waals surface area contributed by atoms with E-state index in [2.05, 4.69) is 44.2 Å². The molecule has 0 bridgehead atoms. The van der Waals surface area contributed by atoms with Crippen molar-refractivity contribution in [2.24, 2.45) is 5.73 Å². The maximum absolute atomic E-state index is 5.86. The van der Waals surface area contributed by atoms with Crippen LogP contribution in [0.25, 0.3) is 0 Å². The molecule has 0 heterocycles. The van der Waals surface area contributed by atoms with Crippen LogP contribution in [0.3, 0.4) is 0 Å². The molecule has 14 heavy (non-hydrogen) atoms. The van der Waals surface area contributed by atoms with Gasteiger partial charge < -0.3 is 5.73 Å². The number of benzene rings is 1. The van der Waals surface area contributed by atoms with Crippen LogP contribution >= 0.6 is 12.4 Å². The molecule has 0 unspecified atom stereocenters. The van der Waals surface area contributed by atoms with Crippen molar-refractivity contribution in [1.29, 1.82) is 0 Å².